The first-order chi connectivity index (χ1) is 5.70. The zero-order valence-electron chi connectivity index (χ0n) is 8.56. The van der Waals surface area contributed by atoms with Crippen LogP contribution in [0.5, 0.6) is 0 Å². The van der Waals surface area contributed by atoms with E-state index >= 15 is 0 Å². The predicted octanol–water partition coefficient (Wildman–Crippen LogP) is 2.73. The number of rotatable bonds is 3. The smallest absolute Gasteiger partial charge is 0.0335 e. The van der Waals surface area contributed by atoms with Crippen LogP contribution in [0.2, 0.25) is 0 Å². The van der Waals surface area contributed by atoms with Gasteiger partial charge in [-0.25, -0.2) is 0 Å². The van der Waals surface area contributed by atoms with Crippen LogP contribution in [0.1, 0.15) is 39.5 Å². The summed E-state index contributed by atoms with van der Waals surface area (Å²) in [5.41, 5.74) is 0.262. The SMILES string of the molecule is CCCC1CC=CC(C)(NC)C1. The molecule has 12 heavy (non-hydrogen) atoms. The van der Waals surface area contributed by atoms with E-state index in [1.165, 1.54) is 25.7 Å². The molecule has 1 heteroatoms. The molecule has 1 aliphatic rings. The van der Waals surface area contributed by atoms with Crippen LogP contribution in [-0.4, -0.2) is 12.6 Å². The van der Waals surface area contributed by atoms with E-state index < -0.39 is 0 Å². The lowest BCUT2D eigenvalue weighted by Crippen LogP contribution is -2.41. The molecule has 1 N–H and O–H groups in total. The molecule has 0 aromatic carbocycles. The van der Waals surface area contributed by atoms with Crippen LogP contribution < -0.4 is 5.32 Å². The van der Waals surface area contributed by atoms with Crippen molar-refractivity contribution in [2.45, 2.75) is 45.1 Å². The molecule has 0 aromatic heterocycles. The summed E-state index contributed by atoms with van der Waals surface area (Å²) in [7, 11) is 2.05. The van der Waals surface area contributed by atoms with E-state index in [0.717, 1.165) is 5.92 Å². The Bertz CT molecular complexity index is 162. The second-order valence-electron chi connectivity index (χ2n) is 4.16. The highest BCUT2D eigenvalue weighted by Crippen LogP contribution is 2.29. The highest BCUT2D eigenvalue weighted by molar-refractivity contribution is 5.08. The molecular weight excluding hydrogens is 146 g/mol. The molecule has 2 unspecified atom stereocenters. The summed E-state index contributed by atoms with van der Waals surface area (Å²) < 4.78 is 0. The van der Waals surface area contributed by atoms with Gasteiger partial charge in [0.1, 0.15) is 0 Å². The summed E-state index contributed by atoms with van der Waals surface area (Å²) in [6, 6.07) is 0. The molecule has 0 aliphatic heterocycles. The van der Waals surface area contributed by atoms with Crippen LogP contribution >= 0.6 is 0 Å². The zero-order valence-corrected chi connectivity index (χ0v) is 8.56. The minimum atomic E-state index is 0.262. The van der Waals surface area contributed by atoms with Crippen molar-refractivity contribution in [3.8, 4) is 0 Å². The number of likely N-dealkylation sites (N-methyl/N-ethyl adjacent to an activating group) is 1. The van der Waals surface area contributed by atoms with E-state index in [9.17, 15) is 0 Å². The molecule has 0 saturated carbocycles. The highest BCUT2D eigenvalue weighted by atomic mass is 14.9. The van der Waals surface area contributed by atoms with Crippen molar-refractivity contribution in [2.75, 3.05) is 7.05 Å². The topological polar surface area (TPSA) is 12.0 Å². The first-order valence-electron chi connectivity index (χ1n) is 5.07. The summed E-state index contributed by atoms with van der Waals surface area (Å²) in [5, 5.41) is 3.38. The summed E-state index contributed by atoms with van der Waals surface area (Å²) in [4.78, 5) is 0. The van der Waals surface area contributed by atoms with Gasteiger partial charge in [0.05, 0.1) is 0 Å². The normalized spacial score (nSPS) is 35.4. The Morgan fingerprint density at radius 2 is 2.33 bits per heavy atom. The maximum atomic E-state index is 3.38. The van der Waals surface area contributed by atoms with Gasteiger partial charge in [0.2, 0.25) is 0 Å². The summed E-state index contributed by atoms with van der Waals surface area (Å²) in [5.74, 6) is 0.900. The lowest BCUT2D eigenvalue weighted by molar-refractivity contribution is 0.314. The third-order valence-corrected chi connectivity index (χ3v) is 2.94. The molecule has 1 nitrogen and oxygen atoms in total. The molecule has 1 aliphatic carbocycles. The quantitative estimate of drug-likeness (QED) is 0.637. The van der Waals surface area contributed by atoms with Crippen molar-refractivity contribution in [1.82, 2.24) is 5.32 Å². The van der Waals surface area contributed by atoms with Crippen molar-refractivity contribution < 1.29 is 0 Å². The molecule has 70 valence electrons. The number of hydrogen-bond acceptors (Lipinski definition) is 1. The van der Waals surface area contributed by atoms with Crippen LogP contribution in [0.4, 0.5) is 0 Å². The Labute approximate surface area is 76.2 Å². The molecule has 0 saturated heterocycles. The van der Waals surface area contributed by atoms with Gasteiger partial charge in [-0.3, -0.25) is 0 Å². The molecule has 0 aromatic rings. The molecule has 0 heterocycles. The maximum Gasteiger partial charge on any atom is 0.0335 e. The highest BCUT2D eigenvalue weighted by Gasteiger charge is 2.25. The van der Waals surface area contributed by atoms with Gasteiger partial charge < -0.3 is 5.32 Å². The maximum absolute atomic E-state index is 3.38. The van der Waals surface area contributed by atoms with E-state index in [-0.39, 0.29) is 5.54 Å². The lowest BCUT2D eigenvalue weighted by Gasteiger charge is -2.33. The van der Waals surface area contributed by atoms with E-state index in [0.29, 0.717) is 0 Å². The monoisotopic (exact) mass is 167 g/mol. The van der Waals surface area contributed by atoms with Gasteiger partial charge >= 0.3 is 0 Å². The molecule has 0 amide bonds. The fourth-order valence-corrected chi connectivity index (χ4v) is 2.09. The van der Waals surface area contributed by atoms with Gasteiger partial charge in [0, 0.05) is 5.54 Å². The predicted molar refractivity (Wildman–Crippen MR) is 54.2 cm³/mol. The van der Waals surface area contributed by atoms with Gasteiger partial charge in [0.25, 0.3) is 0 Å². The van der Waals surface area contributed by atoms with E-state index in [2.05, 4.69) is 38.4 Å². The fraction of sp³-hybridized carbons (Fsp3) is 0.818. The van der Waals surface area contributed by atoms with Crippen LogP contribution in [0, 0.1) is 5.92 Å². The van der Waals surface area contributed by atoms with Gasteiger partial charge in [-0.15, -0.1) is 0 Å². The average Bonchev–Trinajstić information content (AvgIpc) is 2.05. The van der Waals surface area contributed by atoms with Gasteiger partial charge in [-0.05, 0) is 32.7 Å². The zero-order chi connectivity index (χ0) is 9.03. The standard InChI is InChI=1S/C11H21N/c1-4-6-10-7-5-8-11(2,9-10)12-3/h5,8,10,12H,4,6-7,9H2,1-3H3. The Balaban J connectivity index is 2.50. The van der Waals surface area contributed by atoms with Crippen molar-refractivity contribution in [1.29, 1.82) is 0 Å². The van der Waals surface area contributed by atoms with Gasteiger partial charge in [0.15, 0.2) is 0 Å². The Morgan fingerprint density at radius 3 is 2.92 bits per heavy atom. The molecular formula is C11H21N. The number of nitrogens with one attached hydrogen (secondary N) is 1. The van der Waals surface area contributed by atoms with E-state index in [4.69, 9.17) is 0 Å². The summed E-state index contributed by atoms with van der Waals surface area (Å²) >= 11 is 0. The summed E-state index contributed by atoms with van der Waals surface area (Å²) in [6.45, 7) is 4.56. The van der Waals surface area contributed by atoms with Crippen molar-refractivity contribution in [2.24, 2.45) is 5.92 Å². The Hall–Kier alpha value is -0.300. The van der Waals surface area contributed by atoms with Gasteiger partial charge in [-0.1, -0.05) is 31.9 Å². The van der Waals surface area contributed by atoms with Gasteiger partial charge in [-0.2, -0.15) is 0 Å². The van der Waals surface area contributed by atoms with Crippen LogP contribution in [-0.2, 0) is 0 Å². The minimum absolute atomic E-state index is 0.262. The number of allylic oxidation sites excluding steroid dienone is 1. The summed E-state index contributed by atoms with van der Waals surface area (Å²) in [6.07, 6.45) is 9.93. The van der Waals surface area contributed by atoms with Crippen molar-refractivity contribution >= 4 is 0 Å². The number of hydrogen-bond donors (Lipinski definition) is 1. The Morgan fingerprint density at radius 1 is 1.58 bits per heavy atom. The third kappa shape index (κ3) is 2.34. The third-order valence-electron chi connectivity index (χ3n) is 2.94. The lowest BCUT2D eigenvalue weighted by atomic mass is 9.80. The van der Waals surface area contributed by atoms with Crippen molar-refractivity contribution in [3.05, 3.63) is 12.2 Å². The molecule has 0 bridgehead atoms. The fourth-order valence-electron chi connectivity index (χ4n) is 2.09. The van der Waals surface area contributed by atoms with Crippen LogP contribution in [0.15, 0.2) is 12.2 Å². The van der Waals surface area contributed by atoms with Crippen LogP contribution in [0.3, 0.4) is 0 Å². The molecule has 2 atom stereocenters. The van der Waals surface area contributed by atoms with E-state index in [1.807, 2.05) is 0 Å². The average molecular weight is 167 g/mol. The van der Waals surface area contributed by atoms with Crippen molar-refractivity contribution in [3.63, 3.8) is 0 Å². The molecule has 0 radical (unpaired) electrons. The second-order valence-corrected chi connectivity index (χ2v) is 4.16. The molecule has 0 fully saturated rings. The largest absolute Gasteiger partial charge is 0.311 e. The first kappa shape index (κ1) is 9.79. The second kappa shape index (κ2) is 4.08. The first-order valence-corrected chi connectivity index (χ1v) is 5.07. The Kier molecular flexibility index (Phi) is 3.33. The molecule has 0 spiro atoms. The van der Waals surface area contributed by atoms with E-state index in [1.54, 1.807) is 0 Å². The minimum Gasteiger partial charge on any atom is -0.311 e. The molecule has 1 rings (SSSR count). The van der Waals surface area contributed by atoms with Crippen LogP contribution in [0.25, 0.3) is 0 Å².